The van der Waals surface area contributed by atoms with E-state index in [0.29, 0.717) is 5.56 Å². The maximum absolute atomic E-state index is 13.2. The molecule has 0 aliphatic heterocycles. The van der Waals surface area contributed by atoms with Crippen molar-refractivity contribution >= 4 is 15.7 Å². The standard InChI is InChI=1S/C17H16F3N5O2S/c1-24(2)12-5-3-11(4-6-12)15-22-16(17(18,19)20)23-25(15)13-7-9-14(10-8-13)28(21,26)27/h3-10H,1-2H3,(H2,21,26,27). The summed E-state index contributed by atoms with van der Waals surface area (Å²) >= 11 is 0. The van der Waals surface area contributed by atoms with Gasteiger partial charge in [0.05, 0.1) is 10.6 Å². The zero-order valence-electron chi connectivity index (χ0n) is 14.8. The first kappa shape index (κ1) is 19.8. The van der Waals surface area contributed by atoms with Crippen molar-refractivity contribution in [3.05, 3.63) is 54.4 Å². The third kappa shape index (κ3) is 3.99. The molecule has 0 fully saturated rings. The first-order chi connectivity index (χ1) is 13.0. The number of nitrogens with two attached hydrogens (primary N) is 1. The van der Waals surface area contributed by atoms with E-state index < -0.39 is 22.0 Å². The zero-order valence-corrected chi connectivity index (χ0v) is 15.7. The number of hydrogen-bond donors (Lipinski definition) is 1. The largest absolute Gasteiger partial charge is 0.453 e. The van der Waals surface area contributed by atoms with Gasteiger partial charge in [-0.05, 0) is 48.5 Å². The van der Waals surface area contributed by atoms with Gasteiger partial charge in [0.1, 0.15) is 0 Å². The number of hydrogen-bond acceptors (Lipinski definition) is 5. The molecule has 0 aliphatic rings. The van der Waals surface area contributed by atoms with E-state index in [2.05, 4.69) is 10.1 Å². The van der Waals surface area contributed by atoms with E-state index >= 15 is 0 Å². The molecule has 0 atom stereocenters. The monoisotopic (exact) mass is 411 g/mol. The van der Waals surface area contributed by atoms with Crippen LogP contribution in [0.3, 0.4) is 0 Å². The van der Waals surface area contributed by atoms with E-state index in [9.17, 15) is 21.6 Å². The van der Waals surface area contributed by atoms with E-state index in [1.165, 1.54) is 24.3 Å². The molecule has 2 aromatic carbocycles. The van der Waals surface area contributed by atoms with Crippen molar-refractivity contribution in [1.82, 2.24) is 14.8 Å². The average Bonchev–Trinajstić information content (AvgIpc) is 3.07. The van der Waals surface area contributed by atoms with Gasteiger partial charge in [-0.15, -0.1) is 5.10 Å². The summed E-state index contributed by atoms with van der Waals surface area (Å²) in [5.74, 6) is -1.32. The fourth-order valence-corrected chi connectivity index (χ4v) is 3.00. The number of benzene rings is 2. The van der Waals surface area contributed by atoms with Crippen molar-refractivity contribution in [3.63, 3.8) is 0 Å². The van der Waals surface area contributed by atoms with E-state index in [-0.39, 0.29) is 16.4 Å². The summed E-state index contributed by atoms with van der Waals surface area (Å²) < 4.78 is 63.3. The second-order valence-corrected chi connectivity index (χ2v) is 7.71. The van der Waals surface area contributed by atoms with Gasteiger partial charge in [0.15, 0.2) is 5.82 Å². The van der Waals surface area contributed by atoms with Gasteiger partial charge in [0, 0.05) is 25.3 Å². The van der Waals surface area contributed by atoms with E-state index in [1.54, 1.807) is 24.3 Å². The minimum Gasteiger partial charge on any atom is -0.378 e. The molecule has 0 bridgehead atoms. The summed E-state index contributed by atoms with van der Waals surface area (Å²) in [6.07, 6.45) is -4.73. The topological polar surface area (TPSA) is 94.1 Å². The van der Waals surface area contributed by atoms with Crippen LogP contribution in [0.15, 0.2) is 53.4 Å². The van der Waals surface area contributed by atoms with Crippen molar-refractivity contribution in [2.24, 2.45) is 5.14 Å². The van der Waals surface area contributed by atoms with Crippen LogP contribution in [-0.2, 0) is 16.2 Å². The SMILES string of the molecule is CN(C)c1ccc(-c2nc(C(F)(F)F)nn2-c2ccc(S(N)(=O)=O)cc2)cc1. The first-order valence-electron chi connectivity index (χ1n) is 7.92. The molecule has 11 heteroatoms. The molecule has 0 amide bonds. The quantitative estimate of drug-likeness (QED) is 0.712. The van der Waals surface area contributed by atoms with Gasteiger partial charge >= 0.3 is 6.18 Å². The zero-order chi connectivity index (χ0) is 20.7. The van der Waals surface area contributed by atoms with Gasteiger partial charge in [0.2, 0.25) is 10.0 Å². The van der Waals surface area contributed by atoms with Crippen LogP contribution in [0.2, 0.25) is 0 Å². The lowest BCUT2D eigenvalue weighted by atomic mass is 10.2. The number of primary sulfonamides is 1. The molecule has 7 nitrogen and oxygen atoms in total. The highest BCUT2D eigenvalue weighted by Gasteiger charge is 2.37. The van der Waals surface area contributed by atoms with Crippen LogP contribution in [0.25, 0.3) is 17.1 Å². The Morgan fingerprint density at radius 2 is 1.57 bits per heavy atom. The van der Waals surface area contributed by atoms with Gasteiger partial charge in [-0.3, -0.25) is 0 Å². The molecule has 3 rings (SSSR count). The summed E-state index contributed by atoms with van der Waals surface area (Å²) in [5, 5.41) is 8.62. The number of aromatic nitrogens is 3. The van der Waals surface area contributed by atoms with Crippen LogP contribution >= 0.6 is 0 Å². The summed E-state index contributed by atoms with van der Waals surface area (Å²) in [4.78, 5) is 5.33. The first-order valence-corrected chi connectivity index (χ1v) is 9.47. The van der Waals surface area contributed by atoms with Crippen LogP contribution in [0.4, 0.5) is 18.9 Å². The molecule has 0 saturated carbocycles. The normalized spacial score (nSPS) is 12.2. The number of rotatable bonds is 4. The summed E-state index contributed by atoms with van der Waals surface area (Å²) in [6.45, 7) is 0. The molecule has 0 spiro atoms. The van der Waals surface area contributed by atoms with Crippen LogP contribution < -0.4 is 10.0 Å². The molecule has 28 heavy (non-hydrogen) atoms. The highest BCUT2D eigenvalue weighted by molar-refractivity contribution is 7.89. The Bertz CT molecular complexity index is 1090. The predicted octanol–water partition coefficient (Wildman–Crippen LogP) is 2.67. The maximum Gasteiger partial charge on any atom is 0.453 e. The number of anilines is 1. The van der Waals surface area contributed by atoms with Gasteiger partial charge in [0.25, 0.3) is 5.82 Å². The van der Waals surface area contributed by atoms with Crippen LogP contribution in [0, 0.1) is 0 Å². The molecule has 148 valence electrons. The Morgan fingerprint density at radius 1 is 1.00 bits per heavy atom. The Kier molecular flexibility index (Phi) is 4.90. The molecule has 3 aromatic rings. The molecule has 0 saturated heterocycles. The number of nitrogens with zero attached hydrogens (tertiary/aromatic N) is 4. The lowest BCUT2D eigenvalue weighted by Crippen LogP contribution is -2.12. The third-order valence-corrected chi connectivity index (χ3v) is 4.84. The van der Waals surface area contributed by atoms with Crippen molar-refractivity contribution in [3.8, 4) is 17.1 Å². The highest BCUT2D eigenvalue weighted by Crippen LogP contribution is 2.31. The maximum atomic E-state index is 13.2. The molecule has 0 aliphatic carbocycles. The number of sulfonamides is 1. The Morgan fingerprint density at radius 3 is 2.04 bits per heavy atom. The second-order valence-electron chi connectivity index (χ2n) is 6.15. The van der Waals surface area contributed by atoms with Crippen LogP contribution in [-0.4, -0.2) is 37.3 Å². The number of halogens is 3. The molecule has 0 radical (unpaired) electrons. The summed E-state index contributed by atoms with van der Waals surface area (Å²) in [5.41, 5.74) is 1.49. The smallest absolute Gasteiger partial charge is 0.378 e. The van der Waals surface area contributed by atoms with Gasteiger partial charge in [-0.1, -0.05) is 0 Å². The van der Waals surface area contributed by atoms with Crippen molar-refractivity contribution in [2.75, 3.05) is 19.0 Å². The van der Waals surface area contributed by atoms with E-state index in [1.807, 2.05) is 19.0 Å². The Hall–Kier alpha value is -2.92. The van der Waals surface area contributed by atoms with E-state index in [4.69, 9.17) is 5.14 Å². The summed E-state index contributed by atoms with van der Waals surface area (Å²) in [7, 11) is -0.246. The number of alkyl halides is 3. The predicted molar refractivity (Wildman–Crippen MR) is 97.5 cm³/mol. The van der Waals surface area contributed by atoms with Gasteiger partial charge in [-0.25, -0.2) is 23.2 Å². The molecule has 1 aromatic heterocycles. The Labute approximate surface area is 159 Å². The molecule has 0 unspecified atom stereocenters. The van der Waals surface area contributed by atoms with Crippen molar-refractivity contribution in [1.29, 1.82) is 0 Å². The minimum absolute atomic E-state index is 0.0269. The fourth-order valence-electron chi connectivity index (χ4n) is 2.48. The van der Waals surface area contributed by atoms with Gasteiger partial charge in [-0.2, -0.15) is 13.2 Å². The molecular weight excluding hydrogens is 395 g/mol. The second kappa shape index (κ2) is 6.91. The van der Waals surface area contributed by atoms with Crippen molar-refractivity contribution in [2.45, 2.75) is 11.1 Å². The summed E-state index contributed by atoms with van der Waals surface area (Å²) in [6, 6.07) is 11.8. The molecule has 2 N–H and O–H groups in total. The van der Waals surface area contributed by atoms with Crippen LogP contribution in [0.5, 0.6) is 0 Å². The van der Waals surface area contributed by atoms with E-state index in [0.717, 1.165) is 10.4 Å². The fraction of sp³-hybridized carbons (Fsp3) is 0.176. The minimum atomic E-state index is -4.73. The molecular formula is C17H16F3N5O2S. The third-order valence-electron chi connectivity index (χ3n) is 3.91. The lowest BCUT2D eigenvalue weighted by molar-refractivity contribution is -0.144. The van der Waals surface area contributed by atoms with Crippen molar-refractivity contribution < 1.29 is 21.6 Å². The Balaban J connectivity index is 2.13. The van der Waals surface area contributed by atoms with Gasteiger partial charge < -0.3 is 4.90 Å². The molecule has 1 heterocycles. The van der Waals surface area contributed by atoms with Crippen LogP contribution in [0.1, 0.15) is 5.82 Å². The highest BCUT2D eigenvalue weighted by atomic mass is 32.2. The average molecular weight is 411 g/mol. The lowest BCUT2D eigenvalue weighted by Gasteiger charge is -2.13.